The predicted molar refractivity (Wildman–Crippen MR) is 64.5 cm³/mol. The lowest BCUT2D eigenvalue weighted by Crippen LogP contribution is -2.54. The summed E-state index contributed by atoms with van der Waals surface area (Å²) in [5, 5.41) is 0. The molecule has 94 valence electrons. The van der Waals surface area contributed by atoms with Gasteiger partial charge in [0.15, 0.2) is 0 Å². The summed E-state index contributed by atoms with van der Waals surface area (Å²) in [6.45, 7) is 3.67. The first kappa shape index (κ1) is 13.5. The van der Waals surface area contributed by atoms with E-state index in [0.717, 1.165) is 11.3 Å². The van der Waals surface area contributed by atoms with Gasteiger partial charge in [0.25, 0.3) is 0 Å². The molecule has 0 saturated heterocycles. The van der Waals surface area contributed by atoms with Crippen LogP contribution in [0.2, 0.25) is 0 Å². The second-order valence-corrected chi connectivity index (χ2v) is 4.21. The molecule has 0 fully saturated rings. The van der Waals surface area contributed by atoms with Gasteiger partial charge in [0.05, 0.1) is 13.2 Å². The van der Waals surface area contributed by atoms with Crippen molar-refractivity contribution in [3.63, 3.8) is 0 Å². The van der Waals surface area contributed by atoms with Crippen LogP contribution < -0.4 is 10.5 Å². The Kier molecular flexibility index (Phi) is 4.97. The Morgan fingerprint density at radius 1 is 1.29 bits per heavy atom. The lowest BCUT2D eigenvalue weighted by atomic mass is 10.0. The van der Waals surface area contributed by atoms with Gasteiger partial charge in [0.1, 0.15) is 18.2 Å². The maximum Gasteiger partial charge on any atom is 0.312 e. The summed E-state index contributed by atoms with van der Waals surface area (Å²) >= 11 is 0. The summed E-state index contributed by atoms with van der Waals surface area (Å²) in [7, 11) is 1.62. The molecule has 0 bridgehead atoms. The first-order chi connectivity index (χ1) is 8.02. The number of rotatable bonds is 5. The molecule has 1 aromatic rings. The van der Waals surface area contributed by atoms with Gasteiger partial charge in [-0.3, -0.25) is 4.79 Å². The van der Waals surface area contributed by atoms with Gasteiger partial charge in [-0.05, 0) is 38.1 Å². The number of methoxy groups -OCH3 is 1. The predicted octanol–water partition coefficient (Wildman–Crippen LogP) is 1.32. The number of carbonyl (C=O) groups excluding carboxylic acids is 1. The molecule has 1 rings (SSSR count). The fourth-order valence-corrected chi connectivity index (χ4v) is 1.51. The van der Waals surface area contributed by atoms with Crippen LogP contribution in [0.25, 0.3) is 0 Å². The van der Waals surface area contributed by atoms with Crippen molar-refractivity contribution in [2.45, 2.75) is 32.4 Å². The number of hydrogen-bond donors (Lipinski definition) is 1. The maximum absolute atomic E-state index is 11.5. The van der Waals surface area contributed by atoms with Crippen molar-refractivity contribution in [1.29, 1.82) is 0 Å². The molecule has 0 aliphatic heterocycles. The van der Waals surface area contributed by atoms with Crippen LogP contribution in [0, 0.1) is 0 Å². The summed E-state index contributed by atoms with van der Waals surface area (Å²) in [6.07, 6.45) is 0.218. The minimum absolute atomic E-state index is 0.0782. The van der Waals surface area contributed by atoms with Gasteiger partial charge < -0.3 is 15.2 Å². The number of quaternary nitrogens is 1. The smallest absolute Gasteiger partial charge is 0.312 e. The Hall–Kier alpha value is -1.55. The average molecular weight is 238 g/mol. The minimum atomic E-state index is -0.212. The van der Waals surface area contributed by atoms with E-state index in [9.17, 15) is 4.79 Å². The third-order valence-electron chi connectivity index (χ3n) is 2.37. The van der Waals surface area contributed by atoms with E-state index in [1.165, 1.54) is 0 Å². The molecule has 1 atom stereocenters. The summed E-state index contributed by atoms with van der Waals surface area (Å²) in [6, 6.07) is 7.47. The van der Waals surface area contributed by atoms with Crippen LogP contribution in [0.4, 0.5) is 0 Å². The fourth-order valence-electron chi connectivity index (χ4n) is 1.51. The molecule has 0 aromatic heterocycles. The van der Waals surface area contributed by atoms with Crippen LogP contribution in [-0.4, -0.2) is 19.2 Å². The summed E-state index contributed by atoms with van der Waals surface area (Å²) in [4.78, 5) is 11.5. The first-order valence-corrected chi connectivity index (χ1v) is 5.69. The Morgan fingerprint density at radius 3 is 2.35 bits per heavy atom. The van der Waals surface area contributed by atoms with E-state index in [4.69, 9.17) is 9.47 Å². The third kappa shape index (κ3) is 4.44. The number of ether oxygens (including phenoxy) is 2. The number of carbonyl (C=O) groups is 1. The molecule has 0 aliphatic rings. The monoisotopic (exact) mass is 238 g/mol. The third-order valence-corrected chi connectivity index (χ3v) is 2.37. The van der Waals surface area contributed by atoms with Crippen molar-refractivity contribution < 1.29 is 20.0 Å². The van der Waals surface area contributed by atoms with E-state index in [0.29, 0.717) is 6.42 Å². The van der Waals surface area contributed by atoms with Gasteiger partial charge in [-0.15, -0.1) is 0 Å². The Balaban J connectivity index is 2.56. The molecule has 0 saturated carbocycles. The van der Waals surface area contributed by atoms with Gasteiger partial charge >= 0.3 is 5.97 Å². The number of hydrogen-bond acceptors (Lipinski definition) is 3. The van der Waals surface area contributed by atoms with Crippen LogP contribution in [-0.2, 0) is 9.53 Å². The molecule has 0 unspecified atom stereocenters. The highest BCUT2D eigenvalue weighted by atomic mass is 16.5. The standard InChI is InChI=1S/C13H19NO3/c1-9(2)17-13(15)8-12(14)10-4-6-11(16-3)7-5-10/h4-7,9,12H,8,14H2,1-3H3/p+1/t12-/m0/s1. The van der Waals surface area contributed by atoms with Crippen LogP contribution in [0.1, 0.15) is 31.9 Å². The molecular weight excluding hydrogens is 218 g/mol. The van der Waals surface area contributed by atoms with E-state index in [-0.39, 0.29) is 18.1 Å². The second-order valence-electron chi connectivity index (χ2n) is 4.21. The molecule has 3 N–H and O–H groups in total. The Labute approximate surface area is 102 Å². The molecule has 17 heavy (non-hydrogen) atoms. The van der Waals surface area contributed by atoms with Crippen LogP contribution in [0.15, 0.2) is 24.3 Å². The average Bonchev–Trinajstić information content (AvgIpc) is 2.28. The van der Waals surface area contributed by atoms with E-state index in [1.807, 2.05) is 38.1 Å². The molecule has 1 aromatic carbocycles. The molecule has 0 spiro atoms. The van der Waals surface area contributed by atoms with E-state index < -0.39 is 0 Å². The highest BCUT2D eigenvalue weighted by Crippen LogP contribution is 2.17. The van der Waals surface area contributed by atoms with Gasteiger partial charge in [0, 0.05) is 5.56 Å². The van der Waals surface area contributed by atoms with E-state index in [1.54, 1.807) is 7.11 Å². The van der Waals surface area contributed by atoms with Crippen LogP contribution in [0.5, 0.6) is 5.75 Å². The van der Waals surface area contributed by atoms with E-state index in [2.05, 4.69) is 5.73 Å². The zero-order chi connectivity index (χ0) is 12.8. The van der Waals surface area contributed by atoms with Crippen molar-refractivity contribution >= 4 is 5.97 Å². The van der Waals surface area contributed by atoms with Crippen molar-refractivity contribution in [1.82, 2.24) is 0 Å². The topological polar surface area (TPSA) is 63.2 Å². The van der Waals surface area contributed by atoms with Gasteiger partial charge in [-0.2, -0.15) is 0 Å². The molecule has 0 heterocycles. The Morgan fingerprint density at radius 2 is 1.88 bits per heavy atom. The summed E-state index contributed by atoms with van der Waals surface area (Å²) in [5.41, 5.74) is 4.98. The van der Waals surface area contributed by atoms with Crippen molar-refractivity contribution in [3.8, 4) is 5.75 Å². The van der Waals surface area contributed by atoms with Crippen molar-refractivity contribution in [2.75, 3.05) is 7.11 Å². The van der Waals surface area contributed by atoms with Crippen molar-refractivity contribution in [2.24, 2.45) is 0 Å². The molecule has 0 aliphatic carbocycles. The summed E-state index contributed by atoms with van der Waals surface area (Å²) in [5.74, 6) is 0.585. The number of benzene rings is 1. The fraction of sp³-hybridized carbons (Fsp3) is 0.462. The van der Waals surface area contributed by atoms with Gasteiger partial charge in [0.2, 0.25) is 0 Å². The lowest BCUT2D eigenvalue weighted by Gasteiger charge is -2.11. The van der Waals surface area contributed by atoms with Crippen LogP contribution >= 0.6 is 0 Å². The quantitative estimate of drug-likeness (QED) is 0.787. The minimum Gasteiger partial charge on any atom is -0.497 e. The van der Waals surface area contributed by atoms with Crippen molar-refractivity contribution in [3.05, 3.63) is 29.8 Å². The van der Waals surface area contributed by atoms with Gasteiger partial charge in [-0.1, -0.05) is 0 Å². The molecule has 4 nitrogen and oxygen atoms in total. The van der Waals surface area contributed by atoms with E-state index >= 15 is 0 Å². The molecule has 0 radical (unpaired) electrons. The molecule has 4 heteroatoms. The molecule has 0 amide bonds. The highest BCUT2D eigenvalue weighted by Gasteiger charge is 2.16. The SMILES string of the molecule is COc1ccc([C@@H]([NH3+])CC(=O)OC(C)C)cc1. The lowest BCUT2D eigenvalue weighted by molar-refractivity contribution is -0.425. The molecular formula is C13H20NO3+. The maximum atomic E-state index is 11.5. The van der Waals surface area contributed by atoms with Crippen LogP contribution in [0.3, 0.4) is 0 Å². The van der Waals surface area contributed by atoms with Gasteiger partial charge in [-0.25, -0.2) is 0 Å². The Bertz CT molecular complexity index is 359. The largest absolute Gasteiger partial charge is 0.497 e. The zero-order valence-corrected chi connectivity index (χ0v) is 10.6. The summed E-state index contributed by atoms with van der Waals surface area (Å²) < 4.78 is 10.2. The second kappa shape index (κ2) is 6.25. The highest BCUT2D eigenvalue weighted by molar-refractivity contribution is 5.70. The normalized spacial score (nSPS) is 12.3. The zero-order valence-electron chi connectivity index (χ0n) is 10.6. The first-order valence-electron chi connectivity index (χ1n) is 5.69. The number of esters is 1.